The molecule has 0 bridgehead atoms. The first-order valence-electron chi connectivity index (χ1n) is 5.49. The predicted octanol–water partition coefficient (Wildman–Crippen LogP) is 2.66. The molecule has 1 aromatic rings. The maximum absolute atomic E-state index is 11.1. The molecule has 0 saturated carbocycles. The van der Waals surface area contributed by atoms with Crippen LogP contribution in [0.3, 0.4) is 0 Å². The van der Waals surface area contributed by atoms with E-state index in [1.807, 2.05) is 12.1 Å². The quantitative estimate of drug-likeness (QED) is 0.689. The van der Waals surface area contributed by atoms with Gasteiger partial charge in [0.15, 0.2) is 5.78 Å². The average Bonchev–Trinajstić information content (AvgIpc) is 2.65. The van der Waals surface area contributed by atoms with Crippen molar-refractivity contribution in [1.82, 2.24) is 4.90 Å². The molecule has 15 heavy (non-hydrogen) atoms. The third-order valence-corrected chi connectivity index (χ3v) is 3.22. The molecule has 80 valence electrons. The summed E-state index contributed by atoms with van der Waals surface area (Å²) < 4.78 is 0. The largest absolute Gasteiger partial charge is 0.299 e. The number of Topliss-reactive ketones (excluding diaryl/α,β-unsaturated/α-hetero) is 1. The molecule has 1 saturated heterocycles. The highest BCUT2D eigenvalue weighted by molar-refractivity contribution is 5.94. The summed E-state index contributed by atoms with van der Waals surface area (Å²) in [5, 5.41) is 0. The van der Waals surface area contributed by atoms with Gasteiger partial charge in [-0.2, -0.15) is 0 Å². The lowest BCUT2D eigenvalue weighted by molar-refractivity contribution is 0.101. The van der Waals surface area contributed by atoms with Gasteiger partial charge in [-0.1, -0.05) is 24.3 Å². The van der Waals surface area contributed by atoms with Crippen LogP contribution in [0, 0.1) is 0 Å². The molecule has 0 aliphatic carbocycles. The van der Waals surface area contributed by atoms with Crippen LogP contribution in [0.2, 0.25) is 0 Å². The van der Waals surface area contributed by atoms with Gasteiger partial charge in [-0.3, -0.25) is 9.69 Å². The highest BCUT2D eigenvalue weighted by Gasteiger charge is 2.22. The van der Waals surface area contributed by atoms with Crippen molar-refractivity contribution in [2.24, 2.45) is 0 Å². The van der Waals surface area contributed by atoms with Gasteiger partial charge in [0.25, 0.3) is 0 Å². The monoisotopic (exact) mass is 203 g/mol. The van der Waals surface area contributed by atoms with E-state index in [2.05, 4.69) is 24.1 Å². The van der Waals surface area contributed by atoms with Crippen LogP contribution in [-0.4, -0.2) is 24.3 Å². The lowest BCUT2D eigenvalue weighted by Crippen LogP contribution is -2.17. The number of hydrogen-bond acceptors (Lipinski definition) is 2. The normalized spacial score (nSPS) is 21.9. The molecule has 1 aromatic carbocycles. The Morgan fingerprint density at radius 3 is 2.47 bits per heavy atom. The minimum Gasteiger partial charge on any atom is -0.299 e. The Kier molecular flexibility index (Phi) is 2.87. The SMILES string of the molecule is CC(=O)c1ccc(C2CCCN2C)cc1. The lowest BCUT2D eigenvalue weighted by atomic mass is 10.0. The molecule has 0 spiro atoms. The van der Waals surface area contributed by atoms with Gasteiger partial charge in [0.1, 0.15) is 0 Å². The Balaban J connectivity index is 2.19. The summed E-state index contributed by atoms with van der Waals surface area (Å²) in [6.07, 6.45) is 2.51. The van der Waals surface area contributed by atoms with E-state index in [4.69, 9.17) is 0 Å². The predicted molar refractivity (Wildman–Crippen MR) is 61.1 cm³/mol. The topological polar surface area (TPSA) is 20.3 Å². The van der Waals surface area contributed by atoms with Gasteiger partial charge in [-0.25, -0.2) is 0 Å². The zero-order valence-corrected chi connectivity index (χ0v) is 9.36. The number of carbonyl (C=O) groups is 1. The third-order valence-electron chi connectivity index (χ3n) is 3.22. The van der Waals surface area contributed by atoms with E-state index in [1.54, 1.807) is 6.92 Å². The van der Waals surface area contributed by atoms with Crippen LogP contribution in [0.15, 0.2) is 24.3 Å². The number of hydrogen-bond donors (Lipinski definition) is 0. The van der Waals surface area contributed by atoms with E-state index in [1.165, 1.54) is 24.9 Å². The average molecular weight is 203 g/mol. The zero-order chi connectivity index (χ0) is 10.8. The summed E-state index contributed by atoms with van der Waals surface area (Å²) in [7, 11) is 2.16. The van der Waals surface area contributed by atoms with Crippen LogP contribution in [0.25, 0.3) is 0 Å². The summed E-state index contributed by atoms with van der Waals surface area (Å²) >= 11 is 0. The molecule has 1 fully saturated rings. The van der Waals surface area contributed by atoms with E-state index < -0.39 is 0 Å². The molecule has 2 rings (SSSR count). The van der Waals surface area contributed by atoms with Gasteiger partial charge in [0.2, 0.25) is 0 Å². The van der Waals surface area contributed by atoms with Crippen molar-refractivity contribution in [3.05, 3.63) is 35.4 Å². The molecule has 0 radical (unpaired) electrons. The number of carbonyl (C=O) groups excluding carboxylic acids is 1. The maximum Gasteiger partial charge on any atom is 0.159 e. The molecule has 1 unspecified atom stereocenters. The van der Waals surface area contributed by atoms with Crippen LogP contribution < -0.4 is 0 Å². The molecule has 0 amide bonds. The van der Waals surface area contributed by atoms with Gasteiger partial charge < -0.3 is 0 Å². The van der Waals surface area contributed by atoms with Crippen LogP contribution in [0.5, 0.6) is 0 Å². The second-order valence-electron chi connectivity index (χ2n) is 4.32. The Bertz CT molecular complexity index is 355. The van der Waals surface area contributed by atoms with Crippen LogP contribution in [0.4, 0.5) is 0 Å². The summed E-state index contributed by atoms with van der Waals surface area (Å²) in [5.74, 6) is 0.140. The second kappa shape index (κ2) is 4.15. The second-order valence-corrected chi connectivity index (χ2v) is 4.32. The van der Waals surface area contributed by atoms with E-state index in [-0.39, 0.29) is 5.78 Å². The Hall–Kier alpha value is -1.15. The molecular weight excluding hydrogens is 186 g/mol. The molecular formula is C13H17NO. The Morgan fingerprint density at radius 2 is 2.00 bits per heavy atom. The van der Waals surface area contributed by atoms with E-state index in [9.17, 15) is 4.79 Å². The first kappa shape index (κ1) is 10.4. The van der Waals surface area contributed by atoms with E-state index in [0.717, 1.165) is 5.56 Å². The summed E-state index contributed by atoms with van der Waals surface area (Å²) in [6, 6.07) is 8.59. The molecule has 0 N–H and O–H groups in total. The minimum atomic E-state index is 0.140. The molecule has 1 heterocycles. The van der Waals surface area contributed by atoms with Gasteiger partial charge in [0.05, 0.1) is 0 Å². The molecule has 1 aliphatic rings. The summed E-state index contributed by atoms with van der Waals surface area (Å²) in [4.78, 5) is 13.5. The fraction of sp³-hybridized carbons (Fsp3) is 0.462. The minimum absolute atomic E-state index is 0.140. The van der Waals surface area contributed by atoms with Crippen molar-refractivity contribution in [2.45, 2.75) is 25.8 Å². The molecule has 0 aromatic heterocycles. The van der Waals surface area contributed by atoms with Crippen molar-refractivity contribution >= 4 is 5.78 Å². The van der Waals surface area contributed by atoms with Crippen LogP contribution in [0.1, 0.15) is 41.7 Å². The number of benzene rings is 1. The Labute approximate surface area is 90.9 Å². The number of ketones is 1. The highest BCUT2D eigenvalue weighted by atomic mass is 16.1. The lowest BCUT2D eigenvalue weighted by Gasteiger charge is -2.19. The highest BCUT2D eigenvalue weighted by Crippen LogP contribution is 2.30. The van der Waals surface area contributed by atoms with Crippen molar-refractivity contribution in [2.75, 3.05) is 13.6 Å². The molecule has 1 aliphatic heterocycles. The first-order valence-corrected chi connectivity index (χ1v) is 5.49. The van der Waals surface area contributed by atoms with Crippen molar-refractivity contribution in [3.63, 3.8) is 0 Å². The molecule has 2 heteroatoms. The van der Waals surface area contributed by atoms with Gasteiger partial charge in [-0.15, -0.1) is 0 Å². The van der Waals surface area contributed by atoms with Gasteiger partial charge in [0, 0.05) is 11.6 Å². The summed E-state index contributed by atoms with van der Waals surface area (Å²) in [6.45, 7) is 2.79. The fourth-order valence-electron chi connectivity index (χ4n) is 2.27. The van der Waals surface area contributed by atoms with Crippen molar-refractivity contribution in [3.8, 4) is 0 Å². The fourth-order valence-corrected chi connectivity index (χ4v) is 2.27. The van der Waals surface area contributed by atoms with E-state index in [0.29, 0.717) is 6.04 Å². The summed E-state index contributed by atoms with van der Waals surface area (Å²) in [5.41, 5.74) is 2.14. The third kappa shape index (κ3) is 2.10. The number of nitrogens with zero attached hydrogens (tertiary/aromatic N) is 1. The first-order chi connectivity index (χ1) is 7.18. The molecule has 1 atom stereocenters. The van der Waals surface area contributed by atoms with Crippen LogP contribution >= 0.6 is 0 Å². The van der Waals surface area contributed by atoms with Crippen molar-refractivity contribution < 1.29 is 4.79 Å². The number of rotatable bonds is 2. The zero-order valence-electron chi connectivity index (χ0n) is 9.36. The van der Waals surface area contributed by atoms with Crippen molar-refractivity contribution in [1.29, 1.82) is 0 Å². The maximum atomic E-state index is 11.1. The molecule has 2 nitrogen and oxygen atoms in total. The van der Waals surface area contributed by atoms with Crippen LogP contribution in [-0.2, 0) is 0 Å². The van der Waals surface area contributed by atoms with Gasteiger partial charge >= 0.3 is 0 Å². The number of likely N-dealkylation sites (tertiary alicyclic amines) is 1. The Morgan fingerprint density at radius 1 is 1.33 bits per heavy atom. The van der Waals surface area contributed by atoms with Gasteiger partial charge in [-0.05, 0) is 38.9 Å². The standard InChI is InChI=1S/C13H17NO/c1-10(15)11-5-7-12(8-6-11)13-4-3-9-14(13)2/h5-8,13H,3-4,9H2,1-2H3. The van der Waals surface area contributed by atoms with E-state index >= 15 is 0 Å². The smallest absolute Gasteiger partial charge is 0.159 e.